The summed E-state index contributed by atoms with van der Waals surface area (Å²) >= 11 is 0. The average molecular weight is 542 g/mol. The van der Waals surface area contributed by atoms with Crippen LogP contribution < -0.4 is 9.75 Å². The van der Waals surface area contributed by atoms with Crippen molar-refractivity contribution in [3.05, 3.63) is 108 Å². The van der Waals surface area contributed by atoms with Crippen molar-refractivity contribution < 1.29 is 13.4 Å². The molecular formula is C35H30FN2OSi+. The minimum absolute atomic E-state index is 0.167. The molecule has 5 heteroatoms. The highest BCUT2D eigenvalue weighted by molar-refractivity contribution is 6.88. The van der Waals surface area contributed by atoms with Crippen molar-refractivity contribution in [3.8, 4) is 39.6 Å². The Balaban J connectivity index is 1.61. The molecule has 0 radical (unpaired) electrons. The monoisotopic (exact) mass is 541 g/mol. The van der Waals surface area contributed by atoms with Gasteiger partial charge in [0, 0.05) is 22.4 Å². The van der Waals surface area contributed by atoms with E-state index in [0.29, 0.717) is 11.1 Å². The average Bonchev–Trinajstić information content (AvgIpc) is 3.31. The van der Waals surface area contributed by atoms with Crippen LogP contribution in [0, 0.1) is 24.1 Å². The third-order valence-corrected chi connectivity index (χ3v) is 9.71. The Morgan fingerprint density at radius 2 is 1.38 bits per heavy atom. The summed E-state index contributed by atoms with van der Waals surface area (Å²) in [5.41, 5.74) is 8.85. The Labute approximate surface area is 234 Å². The number of nitrogens with zero attached hydrogens (tertiary/aromatic N) is 2. The molecule has 6 rings (SSSR count). The van der Waals surface area contributed by atoms with Gasteiger partial charge in [-0.3, -0.25) is 0 Å². The third kappa shape index (κ3) is 4.22. The Hall–Kier alpha value is -4.53. The molecule has 0 aliphatic heterocycles. The van der Waals surface area contributed by atoms with Crippen LogP contribution in [0.4, 0.5) is 4.39 Å². The molecule has 2 aromatic heterocycles. The first-order valence-electron chi connectivity index (χ1n) is 13.4. The summed E-state index contributed by atoms with van der Waals surface area (Å²) < 4.78 is 23.6. The Kier molecular flexibility index (Phi) is 6.16. The molecule has 196 valence electrons. The highest BCUT2D eigenvalue weighted by Crippen LogP contribution is 2.42. The molecule has 6 aromatic rings. The van der Waals surface area contributed by atoms with Gasteiger partial charge in [0.1, 0.15) is 18.2 Å². The second-order valence-electron chi connectivity index (χ2n) is 11.4. The zero-order valence-corrected chi connectivity index (χ0v) is 24.3. The van der Waals surface area contributed by atoms with Gasteiger partial charge in [0.25, 0.3) is 0 Å². The molecule has 0 unspecified atom stereocenters. The van der Waals surface area contributed by atoms with Crippen molar-refractivity contribution in [2.75, 3.05) is 0 Å². The summed E-state index contributed by atoms with van der Waals surface area (Å²) in [4.78, 5) is 0. The SMILES string of the molecule is Cc1ccc2c(oc3c(-c4ccc(-c5ccccc5)cc4)c(C#N)ccc32)c1-c1cc([Si](C)(C)C)c(F)c[n+]1C. The van der Waals surface area contributed by atoms with E-state index < -0.39 is 8.07 Å². The number of hydrogen-bond donors (Lipinski definition) is 0. The molecule has 0 amide bonds. The molecule has 3 nitrogen and oxygen atoms in total. The highest BCUT2D eigenvalue weighted by Gasteiger charge is 2.29. The van der Waals surface area contributed by atoms with Gasteiger partial charge < -0.3 is 4.42 Å². The molecule has 0 atom stereocenters. The number of aryl methyl sites for hydroxylation is 2. The number of aromatic nitrogens is 1. The molecule has 40 heavy (non-hydrogen) atoms. The van der Waals surface area contributed by atoms with E-state index in [4.69, 9.17) is 4.42 Å². The van der Waals surface area contributed by atoms with Gasteiger partial charge in [0.15, 0.2) is 5.82 Å². The topological polar surface area (TPSA) is 40.8 Å². The normalized spacial score (nSPS) is 11.7. The Morgan fingerprint density at radius 3 is 2.02 bits per heavy atom. The molecular weight excluding hydrogens is 511 g/mol. The zero-order valence-electron chi connectivity index (χ0n) is 23.3. The minimum Gasteiger partial charge on any atom is -0.454 e. The quantitative estimate of drug-likeness (QED) is 0.166. The number of nitriles is 1. The lowest BCUT2D eigenvalue weighted by Gasteiger charge is -2.17. The van der Waals surface area contributed by atoms with E-state index >= 15 is 4.39 Å². The van der Waals surface area contributed by atoms with E-state index in [-0.39, 0.29) is 5.82 Å². The van der Waals surface area contributed by atoms with Gasteiger partial charge in [0.2, 0.25) is 11.9 Å². The van der Waals surface area contributed by atoms with Crippen molar-refractivity contribution in [1.29, 1.82) is 5.26 Å². The van der Waals surface area contributed by atoms with Crippen molar-refractivity contribution in [3.63, 3.8) is 0 Å². The molecule has 4 aromatic carbocycles. The highest BCUT2D eigenvalue weighted by atomic mass is 28.3. The van der Waals surface area contributed by atoms with E-state index in [1.807, 2.05) is 48.0 Å². The summed E-state index contributed by atoms with van der Waals surface area (Å²) in [6.07, 6.45) is 1.58. The Morgan fingerprint density at radius 1 is 0.775 bits per heavy atom. The lowest BCUT2D eigenvalue weighted by molar-refractivity contribution is -0.661. The second kappa shape index (κ2) is 9.58. The smallest absolute Gasteiger partial charge is 0.216 e. The van der Waals surface area contributed by atoms with Crippen LogP contribution in [0.25, 0.3) is 55.4 Å². The van der Waals surface area contributed by atoms with Crippen molar-refractivity contribution >= 4 is 35.2 Å². The summed E-state index contributed by atoms with van der Waals surface area (Å²) in [6.45, 7) is 8.52. The van der Waals surface area contributed by atoms with Crippen LogP contribution in [-0.2, 0) is 7.05 Å². The van der Waals surface area contributed by atoms with E-state index in [1.165, 1.54) is 0 Å². The van der Waals surface area contributed by atoms with Crippen LogP contribution in [0.5, 0.6) is 0 Å². The molecule has 0 bridgehead atoms. The molecule has 2 heterocycles. The molecule has 0 spiro atoms. The molecule has 0 saturated carbocycles. The van der Waals surface area contributed by atoms with Gasteiger partial charge in [-0.25, -0.2) is 4.39 Å². The first-order chi connectivity index (χ1) is 19.2. The maximum absolute atomic E-state index is 15.0. The summed E-state index contributed by atoms with van der Waals surface area (Å²) in [6, 6.07) is 30.9. The summed E-state index contributed by atoms with van der Waals surface area (Å²) in [5, 5.41) is 12.8. The second-order valence-corrected chi connectivity index (χ2v) is 16.5. The first-order valence-corrected chi connectivity index (χ1v) is 16.9. The van der Waals surface area contributed by atoms with Gasteiger partial charge in [-0.2, -0.15) is 9.83 Å². The Bertz CT molecular complexity index is 1960. The molecule has 0 N–H and O–H groups in total. The van der Waals surface area contributed by atoms with E-state index in [9.17, 15) is 5.26 Å². The third-order valence-electron chi connectivity index (χ3n) is 7.71. The predicted molar refractivity (Wildman–Crippen MR) is 164 cm³/mol. The fourth-order valence-electron chi connectivity index (χ4n) is 5.60. The number of rotatable bonds is 4. The minimum atomic E-state index is -1.93. The van der Waals surface area contributed by atoms with Crippen LogP contribution in [0.1, 0.15) is 11.1 Å². The predicted octanol–water partition coefficient (Wildman–Crippen LogP) is 8.28. The van der Waals surface area contributed by atoms with Gasteiger partial charge >= 0.3 is 0 Å². The number of halogens is 1. The molecule has 0 saturated heterocycles. The fraction of sp³-hybridized carbons (Fsp3) is 0.143. The number of benzene rings is 4. The zero-order chi connectivity index (χ0) is 28.2. The van der Waals surface area contributed by atoms with Crippen molar-refractivity contribution in [2.45, 2.75) is 26.6 Å². The van der Waals surface area contributed by atoms with Gasteiger partial charge in [-0.1, -0.05) is 86.4 Å². The largest absolute Gasteiger partial charge is 0.454 e. The number of hydrogen-bond acceptors (Lipinski definition) is 2. The first kappa shape index (κ1) is 25.7. The number of furan rings is 1. The lowest BCUT2D eigenvalue weighted by atomic mass is 9.95. The maximum atomic E-state index is 15.0. The van der Waals surface area contributed by atoms with Gasteiger partial charge in [-0.05, 0) is 46.5 Å². The van der Waals surface area contributed by atoms with Crippen LogP contribution >= 0.6 is 0 Å². The van der Waals surface area contributed by atoms with Gasteiger partial charge in [-0.15, -0.1) is 0 Å². The van der Waals surface area contributed by atoms with Crippen LogP contribution in [0.3, 0.4) is 0 Å². The van der Waals surface area contributed by atoms with Crippen molar-refractivity contribution in [1.82, 2.24) is 0 Å². The maximum Gasteiger partial charge on any atom is 0.216 e. The number of fused-ring (bicyclic) bond motifs is 3. The van der Waals surface area contributed by atoms with E-state index in [2.05, 4.69) is 81.2 Å². The van der Waals surface area contributed by atoms with Crippen LogP contribution in [-0.4, -0.2) is 8.07 Å². The lowest BCUT2D eigenvalue weighted by Crippen LogP contribution is -2.44. The standard InChI is InChI=1S/C35H30FN2OSi/c1-22-11-17-27-28-18-16-26(20-37)33(25-14-12-24(13-15-25)23-9-7-6-8-10-23)35(28)39-34(27)32(22)30-19-31(40(3,4)5)29(36)21-38(30)2/h6-19,21H,1-5H3/q+1. The molecule has 0 aliphatic rings. The molecule has 0 fully saturated rings. The molecule has 0 aliphatic carbocycles. The van der Waals surface area contributed by atoms with Crippen molar-refractivity contribution in [2.24, 2.45) is 7.05 Å². The van der Waals surface area contributed by atoms with Gasteiger partial charge in [0.05, 0.1) is 25.3 Å². The van der Waals surface area contributed by atoms with Crippen LogP contribution in [0.15, 0.2) is 95.5 Å². The summed E-state index contributed by atoms with van der Waals surface area (Å²) in [7, 11) is -0.0557. The van der Waals surface area contributed by atoms with E-state index in [1.54, 1.807) is 6.20 Å². The van der Waals surface area contributed by atoms with E-state index in [0.717, 1.165) is 60.6 Å². The summed E-state index contributed by atoms with van der Waals surface area (Å²) in [5.74, 6) is -0.167. The van der Waals surface area contributed by atoms with Crippen LogP contribution in [0.2, 0.25) is 19.6 Å². The fourth-order valence-corrected chi connectivity index (χ4v) is 6.95. The number of pyridine rings is 1.